The van der Waals surface area contributed by atoms with Crippen molar-refractivity contribution in [3.05, 3.63) is 35.8 Å². The quantitative estimate of drug-likeness (QED) is 0.774. The summed E-state index contributed by atoms with van der Waals surface area (Å²) < 4.78 is 13.9. The third kappa shape index (κ3) is 3.13. The van der Waals surface area contributed by atoms with Crippen molar-refractivity contribution in [3.63, 3.8) is 0 Å². The molecule has 2 aromatic rings. The maximum atomic E-state index is 13.9. The number of hydrogen-bond acceptors (Lipinski definition) is 2. The van der Waals surface area contributed by atoms with E-state index in [1.165, 1.54) is 25.3 Å². The molecule has 19 heavy (non-hydrogen) atoms. The Bertz CT molecular complexity index is 534. The van der Waals surface area contributed by atoms with Crippen molar-refractivity contribution in [1.82, 2.24) is 10.2 Å². The zero-order chi connectivity index (χ0) is 13.7. The Kier molecular flexibility index (Phi) is 4.55. The van der Waals surface area contributed by atoms with Crippen molar-refractivity contribution >= 4 is 5.82 Å². The van der Waals surface area contributed by atoms with Gasteiger partial charge in [0, 0.05) is 16.8 Å². The first-order valence-electron chi connectivity index (χ1n) is 6.81. The lowest BCUT2D eigenvalue weighted by Gasteiger charge is -2.05. The highest BCUT2D eigenvalue weighted by atomic mass is 19.1. The van der Waals surface area contributed by atoms with Crippen LogP contribution in [0.2, 0.25) is 0 Å². The smallest absolute Gasteiger partial charge is 0.153 e. The van der Waals surface area contributed by atoms with E-state index in [9.17, 15) is 4.39 Å². The van der Waals surface area contributed by atoms with Gasteiger partial charge in [-0.3, -0.25) is 5.10 Å². The Labute approximate surface area is 113 Å². The van der Waals surface area contributed by atoms with Gasteiger partial charge in [0.25, 0.3) is 0 Å². The van der Waals surface area contributed by atoms with Gasteiger partial charge in [0.2, 0.25) is 0 Å². The Morgan fingerprint density at radius 3 is 2.74 bits per heavy atom. The zero-order valence-electron chi connectivity index (χ0n) is 11.2. The molecule has 4 heteroatoms. The largest absolute Gasteiger partial charge is 0.382 e. The van der Waals surface area contributed by atoms with Crippen LogP contribution < -0.4 is 5.73 Å². The number of nitrogens with zero attached hydrogens (tertiary/aromatic N) is 1. The van der Waals surface area contributed by atoms with Crippen LogP contribution in [0.15, 0.2) is 24.3 Å². The normalized spacial score (nSPS) is 10.8. The first-order valence-corrected chi connectivity index (χ1v) is 6.81. The van der Waals surface area contributed by atoms with Crippen LogP contribution in [0.1, 0.15) is 38.3 Å². The minimum Gasteiger partial charge on any atom is -0.382 e. The summed E-state index contributed by atoms with van der Waals surface area (Å²) in [6.07, 6.45) is 5.51. The monoisotopic (exact) mass is 261 g/mol. The maximum Gasteiger partial charge on any atom is 0.153 e. The molecule has 1 aromatic carbocycles. The number of nitrogen functional groups attached to an aromatic ring is 1. The fourth-order valence-electron chi connectivity index (χ4n) is 2.27. The van der Waals surface area contributed by atoms with Crippen molar-refractivity contribution in [2.75, 3.05) is 5.73 Å². The zero-order valence-corrected chi connectivity index (χ0v) is 11.2. The molecule has 0 aliphatic carbocycles. The summed E-state index contributed by atoms with van der Waals surface area (Å²) in [7, 11) is 0. The number of anilines is 1. The molecule has 102 valence electrons. The molecule has 0 radical (unpaired) electrons. The van der Waals surface area contributed by atoms with E-state index < -0.39 is 0 Å². The summed E-state index contributed by atoms with van der Waals surface area (Å²) in [5.41, 5.74) is 8.04. The lowest BCUT2D eigenvalue weighted by Crippen LogP contribution is -1.94. The molecule has 0 atom stereocenters. The van der Waals surface area contributed by atoms with E-state index in [0.717, 1.165) is 24.1 Å². The first kappa shape index (κ1) is 13.6. The predicted molar refractivity (Wildman–Crippen MR) is 76.2 cm³/mol. The van der Waals surface area contributed by atoms with Crippen LogP contribution in [0.4, 0.5) is 10.2 Å². The fourth-order valence-corrected chi connectivity index (χ4v) is 2.27. The molecule has 1 heterocycles. The molecule has 0 saturated heterocycles. The lowest BCUT2D eigenvalue weighted by molar-refractivity contribution is 0.630. The number of aromatic amines is 1. The Hall–Kier alpha value is -1.84. The minimum absolute atomic E-state index is 0.259. The number of H-pyrrole nitrogens is 1. The average Bonchev–Trinajstić information content (AvgIpc) is 2.77. The fraction of sp³-hybridized carbons (Fsp3) is 0.400. The third-order valence-corrected chi connectivity index (χ3v) is 3.29. The molecule has 0 fully saturated rings. The number of rotatable bonds is 6. The number of halogens is 1. The minimum atomic E-state index is -0.259. The molecular formula is C15H20FN3. The van der Waals surface area contributed by atoms with Crippen LogP contribution >= 0.6 is 0 Å². The highest BCUT2D eigenvalue weighted by molar-refractivity contribution is 5.76. The van der Waals surface area contributed by atoms with Crippen LogP contribution in [-0.2, 0) is 6.42 Å². The van der Waals surface area contributed by atoms with Crippen LogP contribution in [0, 0.1) is 5.82 Å². The number of nitrogens with two attached hydrogens (primary N) is 1. The van der Waals surface area contributed by atoms with E-state index >= 15 is 0 Å². The summed E-state index contributed by atoms with van der Waals surface area (Å²) in [6, 6.07) is 6.68. The summed E-state index contributed by atoms with van der Waals surface area (Å²) in [4.78, 5) is 0. The molecule has 0 aliphatic heterocycles. The van der Waals surface area contributed by atoms with Crippen molar-refractivity contribution in [2.45, 2.75) is 39.0 Å². The molecule has 3 N–H and O–H groups in total. The standard InChI is InChI=1S/C15H20FN3/c1-2-3-4-5-10-13-14(15(17)19-18-13)11-8-6-7-9-12(11)16/h6-9H,2-5,10H2,1H3,(H3,17,18,19). The lowest BCUT2D eigenvalue weighted by atomic mass is 10.0. The van der Waals surface area contributed by atoms with Crippen molar-refractivity contribution in [2.24, 2.45) is 0 Å². The van der Waals surface area contributed by atoms with Gasteiger partial charge in [-0.15, -0.1) is 0 Å². The maximum absolute atomic E-state index is 13.9. The van der Waals surface area contributed by atoms with Crippen molar-refractivity contribution < 1.29 is 4.39 Å². The second-order valence-corrected chi connectivity index (χ2v) is 4.75. The number of unbranched alkanes of at least 4 members (excludes halogenated alkanes) is 3. The molecule has 0 amide bonds. The first-order chi connectivity index (χ1) is 9.24. The van der Waals surface area contributed by atoms with Gasteiger partial charge in [-0.2, -0.15) is 5.10 Å². The number of aromatic nitrogens is 2. The van der Waals surface area contributed by atoms with E-state index in [0.29, 0.717) is 11.4 Å². The van der Waals surface area contributed by atoms with Crippen LogP contribution in [-0.4, -0.2) is 10.2 Å². The van der Waals surface area contributed by atoms with Gasteiger partial charge in [-0.05, 0) is 18.9 Å². The second kappa shape index (κ2) is 6.36. The molecule has 0 bridgehead atoms. The van der Waals surface area contributed by atoms with Crippen molar-refractivity contribution in [1.29, 1.82) is 0 Å². The van der Waals surface area contributed by atoms with Gasteiger partial charge in [0.1, 0.15) is 5.82 Å². The second-order valence-electron chi connectivity index (χ2n) is 4.75. The molecule has 1 aromatic heterocycles. The Morgan fingerprint density at radius 1 is 1.21 bits per heavy atom. The van der Waals surface area contributed by atoms with E-state index in [-0.39, 0.29) is 5.82 Å². The molecule has 0 saturated carbocycles. The highest BCUT2D eigenvalue weighted by Crippen LogP contribution is 2.30. The number of benzene rings is 1. The van der Waals surface area contributed by atoms with E-state index in [1.54, 1.807) is 12.1 Å². The van der Waals surface area contributed by atoms with Gasteiger partial charge < -0.3 is 5.73 Å². The average molecular weight is 261 g/mol. The summed E-state index contributed by atoms with van der Waals surface area (Å²) >= 11 is 0. The summed E-state index contributed by atoms with van der Waals surface area (Å²) in [5, 5.41) is 6.95. The summed E-state index contributed by atoms with van der Waals surface area (Å²) in [6.45, 7) is 2.18. The highest BCUT2D eigenvalue weighted by Gasteiger charge is 2.15. The van der Waals surface area contributed by atoms with Crippen LogP contribution in [0.3, 0.4) is 0 Å². The Morgan fingerprint density at radius 2 is 2.00 bits per heavy atom. The van der Waals surface area contributed by atoms with Gasteiger partial charge in [0.05, 0.1) is 0 Å². The van der Waals surface area contributed by atoms with E-state index in [2.05, 4.69) is 17.1 Å². The van der Waals surface area contributed by atoms with E-state index in [4.69, 9.17) is 5.73 Å². The molecular weight excluding hydrogens is 241 g/mol. The van der Waals surface area contributed by atoms with Gasteiger partial charge >= 0.3 is 0 Å². The molecule has 0 unspecified atom stereocenters. The SMILES string of the molecule is CCCCCCc1[nH]nc(N)c1-c1ccccc1F. The molecule has 3 nitrogen and oxygen atoms in total. The number of hydrogen-bond donors (Lipinski definition) is 2. The molecule has 0 aliphatic rings. The van der Waals surface area contributed by atoms with Crippen molar-refractivity contribution in [3.8, 4) is 11.1 Å². The number of aryl methyl sites for hydroxylation is 1. The summed E-state index contributed by atoms with van der Waals surface area (Å²) in [5.74, 6) is 0.112. The Balaban J connectivity index is 2.21. The topological polar surface area (TPSA) is 54.7 Å². The number of nitrogens with one attached hydrogen (secondary N) is 1. The molecule has 2 rings (SSSR count). The van der Waals surface area contributed by atoms with Crippen LogP contribution in [0.5, 0.6) is 0 Å². The van der Waals surface area contributed by atoms with Gasteiger partial charge in [-0.1, -0.05) is 44.4 Å². The van der Waals surface area contributed by atoms with Gasteiger partial charge in [0.15, 0.2) is 5.82 Å². The van der Waals surface area contributed by atoms with Gasteiger partial charge in [-0.25, -0.2) is 4.39 Å². The van der Waals surface area contributed by atoms with E-state index in [1.807, 2.05) is 6.07 Å². The van der Waals surface area contributed by atoms with Crippen LogP contribution in [0.25, 0.3) is 11.1 Å². The molecule has 0 spiro atoms. The predicted octanol–water partition coefficient (Wildman–Crippen LogP) is 3.92. The third-order valence-electron chi connectivity index (χ3n) is 3.29.